The highest BCUT2D eigenvalue weighted by Gasteiger charge is 2.37. The van der Waals surface area contributed by atoms with Crippen molar-refractivity contribution in [1.82, 2.24) is 10.3 Å². The number of benzene rings is 2. The molecule has 10 heteroatoms. The van der Waals surface area contributed by atoms with E-state index in [9.17, 15) is 14.4 Å². The minimum absolute atomic E-state index is 0.218. The number of aromatic nitrogens is 1. The molecule has 0 saturated heterocycles. The summed E-state index contributed by atoms with van der Waals surface area (Å²) in [7, 11) is 4.05. The fourth-order valence-corrected chi connectivity index (χ4v) is 6.29. The van der Waals surface area contributed by atoms with Gasteiger partial charge in [-0.15, -0.1) is 9.24 Å². The molecule has 2 aromatic carbocycles. The number of methoxy groups -OCH3 is 1. The van der Waals surface area contributed by atoms with Crippen molar-refractivity contribution in [2.75, 3.05) is 18.6 Å². The van der Waals surface area contributed by atoms with Gasteiger partial charge in [0.15, 0.2) is 11.5 Å². The first-order valence-corrected chi connectivity index (χ1v) is 13.8. The van der Waals surface area contributed by atoms with Gasteiger partial charge in [-0.1, -0.05) is 18.2 Å². The predicted molar refractivity (Wildman–Crippen MR) is 157 cm³/mol. The van der Waals surface area contributed by atoms with Crippen LogP contribution in [0.5, 0.6) is 0 Å². The number of fused-ring (bicyclic) bond motifs is 5. The zero-order chi connectivity index (χ0) is 28.4. The molecule has 4 heterocycles. The summed E-state index contributed by atoms with van der Waals surface area (Å²) in [6, 6.07) is 11.1. The van der Waals surface area contributed by atoms with Crippen molar-refractivity contribution >= 4 is 59.9 Å². The van der Waals surface area contributed by atoms with Gasteiger partial charge in [0.2, 0.25) is 0 Å². The van der Waals surface area contributed by atoms with Crippen LogP contribution in [0.2, 0.25) is 0 Å². The van der Waals surface area contributed by atoms with Gasteiger partial charge in [0.1, 0.15) is 11.7 Å². The lowest BCUT2D eigenvalue weighted by atomic mass is 9.97. The Balaban J connectivity index is 1.13. The van der Waals surface area contributed by atoms with E-state index >= 15 is 0 Å². The third-order valence-corrected chi connectivity index (χ3v) is 8.29. The average Bonchev–Trinajstić information content (AvgIpc) is 3.75. The Morgan fingerprint density at radius 2 is 2.00 bits per heavy atom. The molecule has 0 saturated carbocycles. The number of anilines is 1. The van der Waals surface area contributed by atoms with Crippen LogP contribution in [0.3, 0.4) is 0 Å². The maximum absolute atomic E-state index is 13.7. The van der Waals surface area contributed by atoms with E-state index in [1.54, 1.807) is 23.1 Å². The van der Waals surface area contributed by atoms with Crippen LogP contribution in [0.15, 0.2) is 76.6 Å². The molecule has 2 aromatic heterocycles. The number of amides is 2. The molecule has 0 fully saturated rings. The maximum atomic E-state index is 13.7. The van der Waals surface area contributed by atoms with Gasteiger partial charge in [-0.05, 0) is 66.7 Å². The molecule has 7 rings (SSSR count). The molecule has 41 heavy (non-hydrogen) atoms. The molecule has 3 unspecified atom stereocenters. The zero-order valence-corrected chi connectivity index (χ0v) is 23.5. The number of aryl methyl sites for hydroxylation is 1. The lowest BCUT2D eigenvalue weighted by molar-refractivity contribution is -0.118. The van der Waals surface area contributed by atoms with Gasteiger partial charge in [-0.25, -0.2) is 4.79 Å². The van der Waals surface area contributed by atoms with Crippen molar-refractivity contribution in [2.24, 2.45) is 5.92 Å². The molecule has 0 radical (unpaired) electrons. The second-order valence-corrected chi connectivity index (χ2v) is 10.9. The summed E-state index contributed by atoms with van der Waals surface area (Å²) in [6.45, 7) is 2.30. The molecule has 3 atom stereocenters. The van der Waals surface area contributed by atoms with E-state index in [1.165, 1.54) is 7.11 Å². The number of hydrogen-bond donors (Lipinski definition) is 2. The Labute approximate surface area is 237 Å². The number of para-hydroxylation sites is 1. The van der Waals surface area contributed by atoms with Gasteiger partial charge in [0.25, 0.3) is 11.8 Å². The summed E-state index contributed by atoms with van der Waals surface area (Å²) < 4.78 is 16.8. The second kappa shape index (κ2) is 9.49. The maximum Gasteiger partial charge on any atom is 0.340 e. The second-order valence-electron chi connectivity index (χ2n) is 10.3. The molecule has 206 valence electrons. The van der Waals surface area contributed by atoms with E-state index in [-0.39, 0.29) is 35.4 Å². The molecule has 2 amide bonds. The first kappa shape index (κ1) is 25.4. The van der Waals surface area contributed by atoms with E-state index in [2.05, 4.69) is 19.5 Å². The number of aromatic amines is 1. The number of carbonyl (C=O) groups excluding carboxylic acids is 3. The highest BCUT2D eigenvalue weighted by molar-refractivity contribution is 7.28. The van der Waals surface area contributed by atoms with Crippen LogP contribution >= 0.6 is 9.24 Å². The van der Waals surface area contributed by atoms with Crippen molar-refractivity contribution in [3.63, 3.8) is 0 Å². The SMILES string of the molecule is COC(=O)c1c(C)[nH]c2c(P)cc3c(c12)CCN3C(=O)C1=CC2C=C(NC(=O)c3cc4ccccc4o3)C=CC2O1. The van der Waals surface area contributed by atoms with Crippen LogP contribution in [0.4, 0.5) is 5.69 Å². The van der Waals surface area contributed by atoms with E-state index in [0.29, 0.717) is 29.8 Å². The third-order valence-electron chi connectivity index (χ3n) is 7.83. The molecule has 9 nitrogen and oxygen atoms in total. The fraction of sp³-hybridized carbons (Fsp3) is 0.194. The number of hydrogen-bond acceptors (Lipinski definition) is 6. The van der Waals surface area contributed by atoms with Crippen LogP contribution in [0.1, 0.15) is 32.2 Å². The number of H-pyrrole nitrogens is 1. The minimum atomic E-state index is -0.413. The fourth-order valence-electron chi connectivity index (χ4n) is 5.91. The van der Waals surface area contributed by atoms with Crippen LogP contribution in [0, 0.1) is 12.8 Å². The largest absolute Gasteiger partial charge is 0.480 e. The monoisotopic (exact) mass is 567 g/mol. The van der Waals surface area contributed by atoms with Crippen LogP contribution < -0.4 is 15.5 Å². The number of ether oxygens (including phenoxy) is 2. The number of carbonyl (C=O) groups is 3. The highest BCUT2D eigenvalue weighted by Crippen LogP contribution is 2.39. The van der Waals surface area contributed by atoms with E-state index in [4.69, 9.17) is 13.9 Å². The summed E-state index contributed by atoms with van der Waals surface area (Å²) in [5.74, 6) is -0.755. The summed E-state index contributed by atoms with van der Waals surface area (Å²) in [5.41, 5.74) is 4.98. The first-order valence-electron chi connectivity index (χ1n) is 13.2. The van der Waals surface area contributed by atoms with Gasteiger partial charge in [0.05, 0.1) is 18.2 Å². The molecular formula is C31H26N3O6P. The van der Waals surface area contributed by atoms with Gasteiger partial charge in [0, 0.05) is 40.3 Å². The van der Waals surface area contributed by atoms with Crippen LogP contribution in [-0.2, 0) is 20.7 Å². The lowest BCUT2D eigenvalue weighted by Crippen LogP contribution is -2.31. The van der Waals surface area contributed by atoms with Gasteiger partial charge in [-0.3, -0.25) is 9.59 Å². The topological polar surface area (TPSA) is 114 Å². The van der Waals surface area contributed by atoms with Gasteiger partial charge >= 0.3 is 5.97 Å². The van der Waals surface area contributed by atoms with Crippen LogP contribution in [-0.4, -0.2) is 42.5 Å². The summed E-state index contributed by atoms with van der Waals surface area (Å²) in [6.07, 6.45) is 7.53. The van der Waals surface area contributed by atoms with Crippen LogP contribution in [0.25, 0.3) is 21.9 Å². The molecule has 2 N–H and O–H groups in total. The standard InChI is InChI=1S/C31H26N3O6P/c1-15-26(31(37)38-2)27-19-9-10-34(20(19)14-25(41)28(27)32-15)30(36)24-13-17-11-18(7-8-22(17)40-24)33-29(35)23-12-16-5-3-4-6-21(16)39-23/h3-8,11-14,17,22,32H,9-10,41H2,1-2H3,(H,33,35). The van der Waals surface area contributed by atoms with Gasteiger partial charge in [-0.2, -0.15) is 0 Å². The van der Waals surface area contributed by atoms with Crippen molar-refractivity contribution in [1.29, 1.82) is 0 Å². The number of nitrogens with one attached hydrogen (secondary N) is 2. The summed E-state index contributed by atoms with van der Waals surface area (Å²) in [5, 5.41) is 5.38. The Morgan fingerprint density at radius 1 is 1.17 bits per heavy atom. The third kappa shape index (κ3) is 4.07. The Morgan fingerprint density at radius 3 is 2.80 bits per heavy atom. The highest BCUT2D eigenvalue weighted by atomic mass is 31.0. The summed E-state index contributed by atoms with van der Waals surface area (Å²) in [4.78, 5) is 44.1. The molecule has 4 aromatic rings. The molecule has 3 aliphatic rings. The lowest BCUT2D eigenvalue weighted by Gasteiger charge is -2.21. The molecule has 0 spiro atoms. The number of esters is 1. The zero-order valence-electron chi connectivity index (χ0n) is 22.3. The predicted octanol–water partition coefficient (Wildman–Crippen LogP) is 4.18. The molecule has 0 bridgehead atoms. The smallest absolute Gasteiger partial charge is 0.340 e. The number of furan rings is 1. The van der Waals surface area contributed by atoms with Crippen molar-refractivity contribution in [3.8, 4) is 0 Å². The minimum Gasteiger partial charge on any atom is -0.480 e. The number of rotatable bonds is 4. The summed E-state index contributed by atoms with van der Waals surface area (Å²) >= 11 is 0. The van der Waals surface area contributed by atoms with Crippen molar-refractivity contribution < 1.29 is 28.3 Å². The number of nitrogens with zero attached hydrogens (tertiary/aromatic N) is 1. The Hall–Kier alpha value is -4.62. The Bertz CT molecular complexity index is 1860. The normalized spacial score (nSPS) is 19.0. The van der Waals surface area contributed by atoms with E-state index in [0.717, 1.165) is 38.5 Å². The molecule has 1 aliphatic carbocycles. The molecule has 2 aliphatic heterocycles. The average molecular weight is 568 g/mol. The van der Waals surface area contributed by atoms with Crippen molar-refractivity contribution in [3.05, 3.63) is 94.7 Å². The van der Waals surface area contributed by atoms with E-state index < -0.39 is 5.97 Å². The quantitative estimate of drug-likeness (QED) is 0.283. The number of allylic oxidation sites excluding steroid dienone is 1. The molecular weight excluding hydrogens is 541 g/mol. The van der Waals surface area contributed by atoms with E-state index in [1.807, 2.05) is 49.4 Å². The Kier molecular flexibility index (Phi) is 5.87. The van der Waals surface area contributed by atoms with Crippen molar-refractivity contribution in [2.45, 2.75) is 19.4 Å². The first-order chi connectivity index (χ1) is 19.8. The van der Waals surface area contributed by atoms with Gasteiger partial charge < -0.3 is 29.1 Å².